The van der Waals surface area contributed by atoms with Crippen LogP contribution in [0, 0.1) is 0 Å². The number of nitrogens with zero attached hydrogens (tertiary/aromatic N) is 1. The Morgan fingerprint density at radius 1 is 0.875 bits per heavy atom. The fourth-order valence-electron chi connectivity index (χ4n) is 3.21. The van der Waals surface area contributed by atoms with Crippen LogP contribution in [0.2, 0.25) is 0 Å². The fraction of sp³-hybridized carbons (Fsp3) is 1.00. The van der Waals surface area contributed by atoms with Gasteiger partial charge >= 0.3 is 0 Å². The first kappa shape index (κ1) is 11.0. The first-order chi connectivity index (χ1) is 7.72. The normalized spacial score (nSPS) is 33.6. The van der Waals surface area contributed by atoms with Crippen LogP contribution in [0.4, 0.5) is 0 Å². The molecule has 4 nitrogen and oxygen atoms in total. The summed E-state index contributed by atoms with van der Waals surface area (Å²) in [5.41, 5.74) is 0.0769. The molecule has 0 N–H and O–H groups in total. The molecule has 1 saturated carbocycles. The summed E-state index contributed by atoms with van der Waals surface area (Å²) >= 11 is 0. The summed E-state index contributed by atoms with van der Waals surface area (Å²) in [6, 6.07) is 0. The monoisotopic (exact) mass is 227 g/mol. The van der Waals surface area contributed by atoms with Crippen molar-refractivity contribution in [2.75, 3.05) is 40.0 Å². The Bertz CT molecular complexity index is 253. The topological polar surface area (TPSA) is 30.9 Å². The Hall–Kier alpha value is -0.160. The van der Waals surface area contributed by atoms with Crippen molar-refractivity contribution in [1.29, 1.82) is 0 Å². The maximum absolute atomic E-state index is 6.03. The van der Waals surface area contributed by atoms with Gasteiger partial charge in [0.2, 0.25) is 0 Å². The van der Waals surface area contributed by atoms with E-state index in [4.69, 9.17) is 14.2 Å². The van der Waals surface area contributed by atoms with E-state index in [0.717, 1.165) is 58.6 Å². The molecular formula is C12H21NO3. The van der Waals surface area contributed by atoms with Gasteiger partial charge < -0.3 is 19.1 Å². The zero-order chi connectivity index (χ0) is 11.1. The molecule has 4 heteroatoms. The predicted molar refractivity (Wildman–Crippen MR) is 59.3 cm³/mol. The van der Waals surface area contributed by atoms with Crippen LogP contribution < -0.4 is 0 Å². The van der Waals surface area contributed by atoms with Crippen LogP contribution in [-0.2, 0) is 14.2 Å². The molecule has 2 heterocycles. The van der Waals surface area contributed by atoms with Crippen molar-refractivity contribution in [2.45, 2.75) is 37.1 Å². The molecule has 2 saturated heterocycles. The summed E-state index contributed by atoms with van der Waals surface area (Å²) in [5, 5.41) is 0. The molecule has 0 bridgehead atoms. The second-order valence-corrected chi connectivity index (χ2v) is 5.38. The Kier molecular flexibility index (Phi) is 2.70. The molecular weight excluding hydrogens is 206 g/mol. The molecule has 0 atom stereocenters. The highest BCUT2D eigenvalue weighted by Crippen LogP contribution is 2.42. The van der Waals surface area contributed by atoms with Gasteiger partial charge in [-0.25, -0.2) is 0 Å². The zero-order valence-corrected chi connectivity index (χ0v) is 10.0. The van der Waals surface area contributed by atoms with E-state index >= 15 is 0 Å². The summed E-state index contributed by atoms with van der Waals surface area (Å²) < 4.78 is 17.5. The summed E-state index contributed by atoms with van der Waals surface area (Å²) in [6.45, 7) is 4.50. The quantitative estimate of drug-likeness (QED) is 0.618. The highest BCUT2D eigenvalue weighted by atomic mass is 16.7. The van der Waals surface area contributed by atoms with Crippen molar-refractivity contribution in [3.8, 4) is 0 Å². The largest absolute Gasteiger partial charge is 0.372 e. The summed E-state index contributed by atoms with van der Waals surface area (Å²) in [6.07, 6.45) is 4.11. The van der Waals surface area contributed by atoms with Crippen LogP contribution in [0.25, 0.3) is 0 Å². The molecule has 1 aliphatic carbocycles. The van der Waals surface area contributed by atoms with E-state index in [1.54, 1.807) is 0 Å². The van der Waals surface area contributed by atoms with E-state index in [0.29, 0.717) is 0 Å². The van der Waals surface area contributed by atoms with Gasteiger partial charge in [-0.2, -0.15) is 0 Å². The third-order valence-electron chi connectivity index (χ3n) is 4.18. The van der Waals surface area contributed by atoms with Crippen molar-refractivity contribution in [1.82, 2.24) is 4.90 Å². The lowest BCUT2D eigenvalue weighted by atomic mass is 9.80. The number of hydrogen-bond acceptors (Lipinski definition) is 4. The van der Waals surface area contributed by atoms with Gasteiger partial charge in [-0.05, 0) is 19.9 Å². The van der Waals surface area contributed by atoms with E-state index in [1.807, 2.05) is 0 Å². The Morgan fingerprint density at radius 2 is 1.56 bits per heavy atom. The lowest BCUT2D eigenvalue weighted by Gasteiger charge is -2.47. The highest BCUT2D eigenvalue weighted by molar-refractivity contribution is 4.95. The molecule has 3 rings (SSSR count). The molecule has 2 spiro atoms. The smallest absolute Gasteiger partial charge is 0.168 e. The van der Waals surface area contributed by atoms with Crippen molar-refractivity contribution in [3.05, 3.63) is 0 Å². The summed E-state index contributed by atoms with van der Waals surface area (Å²) in [7, 11) is 2.18. The van der Waals surface area contributed by atoms with Crippen LogP contribution in [0.1, 0.15) is 25.7 Å². The molecule has 3 aliphatic rings. The molecule has 3 fully saturated rings. The van der Waals surface area contributed by atoms with E-state index in [1.165, 1.54) is 0 Å². The molecule has 0 aromatic heterocycles. The van der Waals surface area contributed by atoms with Gasteiger partial charge in [0.25, 0.3) is 0 Å². The Balaban J connectivity index is 1.64. The maximum atomic E-state index is 6.03. The molecule has 16 heavy (non-hydrogen) atoms. The lowest BCUT2D eigenvalue weighted by molar-refractivity contribution is -0.220. The van der Waals surface area contributed by atoms with Crippen molar-refractivity contribution < 1.29 is 14.2 Å². The Labute approximate surface area is 96.8 Å². The number of hydrogen-bond donors (Lipinski definition) is 0. The summed E-state index contributed by atoms with van der Waals surface area (Å²) in [5.74, 6) is -0.259. The Morgan fingerprint density at radius 3 is 2.19 bits per heavy atom. The van der Waals surface area contributed by atoms with Gasteiger partial charge in [-0.3, -0.25) is 0 Å². The zero-order valence-electron chi connectivity index (χ0n) is 10.0. The third-order valence-corrected chi connectivity index (χ3v) is 4.18. The minimum atomic E-state index is -0.259. The average molecular weight is 227 g/mol. The number of ether oxygens (including phenoxy) is 3. The van der Waals surface area contributed by atoms with Crippen LogP contribution >= 0.6 is 0 Å². The minimum absolute atomic E-state index is 0.0769. The number of rotatable bonds is 0. The van der Waals surface area contributed by atoms with Crippen molar-refractivity contribution in [3.63, 3.8) is 0 Å². The van der Waals surface area contributed by atoms with E-state index in [2.05, 4.69) is 11.9 Å². The number of likely N-dealkylation sites (N-methyl/N-ethyl adjacent to an activating group) is 1. The van der Waals surface area contributed by atoms with Crippen molar-refractivity contribution >= 4 is 0 Å². The fourth-order valence-corrected chi connectivity index (χ4v) is 3.21. The molecule has 0 unspecified atom stereocenters. The van der Waals surface area contributed by atoms with E-state index in [9.17, 15) is 0 Å². The second-order valence-electron chi connectivity index (χ2n) is 5.38. The molecule has 92 valence electrons. The standard InChI is InChI=1S/C12H21NO3/c1-13-6-7-14-11(10-13)2-4-12(5-3-11)15-8-9-16-12/h2-10H2,1H3. The first-order valence-electron chi connectivity index (χ1n) is 6.33. The van der Waals surface area contributed by atoms with Gasteiger partial charge in [-0.15, -0.1) is 0 Å². The summed E-state index contributed by atoms with van der Waals surface area (Å²) in [4.78, 5) is 2.37. The lowest BCUT2D eigenvalue weighted by Crippen LogP contribution is -2.54. The van der Waals surface area contributed by atoms with Gasteiger partial charge in [0.05, 0.1) is 25.4 Å². The van der Waals surface area contributed by atoms with Gasteiger partial charge in [0.1, 0.15) is 0 Å². The van der Waals surface area contributed by atoms with Crippen LogP contribution in [0.3, 0.4) is 0 Å². The highest BCUT2D eigenvalue weighted by Gasteiger charge is 2.48. The van der Waals surface area contributed by atoms with Gasteiger partial charge in [0.15, 0.2) is 5.79 Å². The van der Waals surface area contributed by atoms with E-state index in [-0.39, 0.29) is 11.4 Å². The number of morpholine rings is 1. The molecule has 0 radical (unpaired) electrons. The van der Waals surface area contributed by atoms with Crippen LogP contribution in [0.15, 0.2) is 0 Å². The molecule has 0 amide bonds. The SMILES string of the molecule is CN1CCOC2(CCC3(CC2)OCCO3)C1. The molecule has 2 aliphatic heterocycles. The maximum Gasteiger partial charge on any atom is 0.168 e. The van der Waals surface area contributed by atoms with Gasteiger partial charge in [-0.1, -0.05) is 0 Å². The van der Waals surface area contributed by atoms with Crippen LogP contribution in [0.5, 0.6) is 0 Å². The average Bonchev–Trinajstić information content (AvgIpc) is 2.73. The van der Waals surface area contributed by atoms with Gasteiger partial charge in [0, 0.05) is 25.9 Å². The second kappa shape index (κ2) is 3.95. The first-order valence-corrected chi connectivity index (χ1v) is 6.33. The van der Waals surface area contributed by atoms with Crippen LogP contribution in [-0.4, -0.2) is 56.2 Å². The minimum Gasteiger partial charge on any atom is -0.372 e. The predicted octanol–water partition coefficient (Wildman–Crippen LogP) is 1.00. The van der Waals surface area contributed by atoms with Crippen molar-refractivity contribution in [2.24, 2.45) is 0 Å². The molecule has 0 aromatic carbocycles. The third kappa shape index (κ3) is 1.88. The molecule has 0 aromatic rings. The van der Waals surface area contributed by atoms with E-state index < -0.39 is 0 Å².